The molecule has 0 aliphatic heterocycles. The first kappa shape index (κ1) is 24.0. The van der Waals surface area contributed by atoms with Crippen molar-refractivity contribution >= 4 is 18.0 Å². The van der Waals surface area contributed by atoms with Gasteiger partial charge in [0.1, 0.15) is 12.6 Å². The van der Waals surface area contributed by atoms with Gasteiger partial charge < -0.3 is 19.5 Å². The van der Waals surface area contributed by atoms with Crippen LogP contribution < -0.4 is 14.8 Å². The van der Waals surface area contributed by atoms with Crippen molar-refractivity contribution in [1.82, 2.24) is 5.32 Å². The third kappa shape index (κ3) is 6.88. The van der Waals surface area contributed by atoms with Gasteiger partial charge in [-0.1, -0.05) is 50.6 Å². The fourth-order valence-corrected chi connectivity index (χ4v) is 3.00. The van der Waals surface area contributed by atoms with Crippen molar-refractivity contribution < 1.29 is 23.8 Å². The molecule has 6 nitrogen and oxygen atoms in total. The van der Waals surface area contributed by atoms with E-state index in [0.717, 1.165) is 23.1 Å². The molecular formula is C25H31NO5. The number of hydrogen-bond donors (Lipinski definition) is 1. The highest BCUT2D eigenvalue weighted by atomic mass is 16.5. The first-order chi connectivity index (χ1) is 14.9. The van der Waals surface area contributed by atoms with Crippen LogP contribution in [0.3, 0.4) is 0 Å². The summed E-state index contributed by atoms with van der Waals surface area (Å²) in [6.07, 6.45) is 3.79. The molecule has 6 heteroatoms. The molecule has 0 aliphatic rings. The molecule has 1 amide bonds. The molecule has 0 fully saturated rings. The van der Waals surface area contributed by atoms with Crippen molar-refractivity contribution in [1.29, 1.82) is 0 Å². The van der Waals surface area contributed by atoms with Gasteiger partial charge in [0.25, 0.3) is 0 Å². The van der Waals surface area contributed by atoms with Gasteiger partial charge in [0.05, 0.1) is 14.2 Å². The summed E-state index contributed by atoms with van der Waals surface area (Å²) in [7, 11) is 2.89. The van der Waals surface area contributed by atoms with Gasteiger partial charge in [-0.3, -0.25) is 4.79 Å². The van der Waals surface area contributed by atoms with E-state index in [2.05, 4.69) is 5.32 Å². The maximum Gasteiger partial charge on any atom is 0.328 e. The highest BCUT2D eigenvalue weighted by molar-refractivity contribution is 5.94. The molecule has 0 aliphatic carbocycles. The molecule has 2 rings (SSSR count). The lowest BCUT2D eigenvalue weighted by Gasteiger charge is -2.21. The van der Waals surface area contributed by atoms with E-state index in [0.29, 0.717) is 18.1 Å². The molecule has 0 radical (unpaired) electrons. The smallest absolute Gasteiger partial charge is 0.328 e. The standard InChI is InChI=1S/C25H31NO5/c1-6-17(2)24(25(28)30-5)26-23(27)14-12-19-11-13-21(22(15-19)29-4)31-16-20-10-8-7-9-18(20)3/h7-15,17,24H,6,16H2,1-5H3,(H,26,27)/b14-12+. The zero-order valence-electron chi connectivity index (χ0n) is 18.8. The third-order valence-electron chi connectivity index (χ3n) is 5.23. The van der Waals surface area contributed by atoms with E-state index in [1.807, 2.05) is 57.2 Å². The molecule has 1 N–H and O–H groups in total. The average Bonchev–Trinajstić information content (AvgIpc) is 2.79. The third-order valence-corrected chi connectivity index (χ3v) is 5.23. The minimum absolute atomic E-state index is 0.0328. The summed E-state index contributed by atoms with van der Waals surface area (Å²) in [4.78, 5) is 24.3. The molecule has 0 saturated carbocycles. The SMILES string of the molecule is CCC(C)C(NC(=O)/C=C/c1ccc(OCc2ccccc2C)c(OC)c1)C(=O)OC. The number of ether oxygens (including phenoxy) is 3. The van der Waals surface area contributed by atoms with E-state index < -0.39 is 12.0 Å². The Morgan fingerprint density at radius 1 is 1.10 bits per heavy atom. The van der Waals surface area contributed by atoms with Crippen molar-refractivity contribution in [3.8, 4) is 11.5 Å². The first-order valence-electron chi connectivity index (χ1n) is 10.3. The Kier molecular flexibility index (Phi) is 9.13. The minimum Gasteiger partial charge on any atom is -0.493 e. The first-order valence-corrected chi connectivity index (χ1v) is 10.3. The Hall–Kier alpha value is -3.28. The number of carbonyl (C=O) groups is 2. The maximum atomic E-state index is 12.3. The van der Waals surface area contributed by atoms with Crippen LogP contribution in [0.5, 0.6) is 11.5 Å². The summed E-state index contributed by atoms with van der Waals surface area (Å²) < 4.78 is 16.2. The van der Waals surface area contributed by atoms with Gasteiger partial charge in [-0.15, -0.1) is 0 Å². The summed E-state index contributed by atoms with van der Waals surface area (Å²) in [5.41, 5.74) is 3.04. The summed E-state index contributed by atoms with van der Waals surface area (Å²) in [5, 5.41) is 2.72. The lowest BCUT2D eigenvalue weighted by molar-refractivity contribution is -0.146. The summed E-state index contributed by atoms with van der Waals surface area (Å²) in [6, 6.07) is 12.8. The summed E-state index contributed by atoms with van der Waals surface area (Å²) in [6.45, 7) is 6.33. The van der Waals surface area contributed by atoms with Crippen LogP contribution in [0.15, 0.2) is 48.5 Å². The van der Waals surface area contributed by atoms with Crippen LogP contribution in [0.2, 0.25) is 0 Å². The fraction of sp³-hybridized carbons (Fsp3) is 0.360. The van der Waals surface area contributed by atoms with Crippen LogP contribution >= 0.6 is 0 Å². The highest BCUT2D eigenvalue weighted by Crippen LogP contribution is 2.29. The second kappa shape index (κ2) is 11.8. The molecule has 2 atom stereocenters. The molecule has 0 heterocycles. The second-order valence-corrected chi connectivity index (χ2v) is 7.35. The molecule has 0 spiro atoms. The van der Waals surface area contributed by atoms with Gasteiger partial charge in [-0.2, -0.15) is 0 Å². The Balaban J connectivity index is 2.06. The number of amides is 1. The quantitative estimate of drug-likeness (QED) is 0.454. The van der Waals surface area contributed by atoms with Crippen LogP contribution in [0.25, 0.3) is 6.08 Å². The number of esters is 1. The largest absolute Gasteiger partial charge is 0.493 e. The molecule has 0 saturated heterocycles. The van der Waals surface area contributed by atoms with Gasteiger partial charge in [0.15, 0.2) is 11.5 Å². The van der Waals surface area contributed by atoms with Gasteiger partial charge in [-0.25, -0.2) is 4.79 Å². The number of methoxy groups -OCH3 is 2. The van der Waals surface area contributed by atoms with Gasteiger partial charge >= 0.3 is 5.97 Å². The lowest BCUT2D eigenvalue weighted by atomic mass is 9.99. The summed E-state index contributed by atoms with van der Waals surface area (Å²) in [5.74, 6) is 0.343. The van der Waals surface area contributed by atoms with Crippen LogP contribution in [0.4, 0.5) is 0 Å². The molecule has 31 heavy (non-hydrogen) atoms. The predicted molar refractivity (Wildman–Crippen MR) is 121 cm³/mol. The van der Waals surface area contributed by atoms with Gasteiger partial charge in [0.2, 0.25) is 5.91 Å². The fourth-order valence-electron chi connectivity index (χ4n) is 3.00. The Bertz CT molecular complexity index is 922. The zero-order chi connectivity index (χ0) is 22.8. The number of carbonyl (C=O) groups excluding carboxylic acids is 2. The summed E-state index contributed by atoms with van der Waals surface area (Å²) >= 11 is 0. The molecule has 166 valence electrons. The van der Waals surface area contributed by atoms with E-state index in [1.165, 1.54) is 13.2 Å². The van der Waals surface area contributed by atoms with E-state index in [9.17, 15) is 9.59 Å². The Morgan fingerprint density at radius 2 is 1.84 bits per heavy atom. The van der Waals surface area contributed by atoms with Crippen molar-refractivity contribution in [2.45, 2.75) is 39.8 Å². The Morgan fingerprint density at radius 3 is 2.48 bits per heavy atom. The van der Waals surface area contributed by atoms with E-state index >= 15 is 0 Å². The number of rotatable bonds is 10. The molecule has 0 aromatic heterocycles. The van der Waals surface area contributed by atoms with Crippen LogP contribution in [-0.4, -0.2) is 32.1 Å². The number of nitrogens with one attached hydrogen (secondary N) is 1. The maximum absolute atomic E-state index is 12.3. The lowest BCUT2D eigenvalue weighted by Crippen LogP contribution is -2.45. The molecule has 2 aromatic rings. The van der Waals surface area contributed by atoms with Crippen molar-refractivity contribution in [3.05, 3.63) is 65.2 Å². The van der Waals surface area contributed by atoms with Crippen molar-refractivity contribution in [3.63, 3.8) is 0 Å². The number of hydrogen-bond acceptors (Lipinski definition) is 5. The van der Waals surface area contributed by atoms with Crippen LogP contribution in [-0.2, 0) is 20.9 Å². The van der Waals surface area contributed by atoms with Crippen LogP contribution in [0.1, 0.15) is 37.0 Å². The minimum atomic E-state index is -0.682. The molecule has 0 bridgehead atoms. The van der Waals surface area contributed by atoms with E-state index in [-0.39, 0.29) is 11.8 Å². The monoisotopic (exact) mass is 425 g/mol. The molecule has 2 unspecified atom stereocenters. The highest BCUT2D eigenvalue weighted by Gasteiger charge is 2.25. The normalized spacial score (nSPS) is 12.8. The predicted octanol–water partition coefficient (Wildman–Crippen LogP) is 4.30. The van der Waals surface area contributed by atoms with Crippen molar-refractivity contribution in [2.24, 2.45) is 5.92 Å². The Labute approximate surface area is 184 Å². The molecular weight excluding hydrogens is 394 g/mol. The van der Waals surface area contributed by atoms with E-state index in [4.69, 9.17) is 14.2 Å². The number of benzene rings is 2. The number of aryl methyl sites for hydroxylation is 1. The van der Waals surface area contributed by atoms with Gasteiger partial charge in [-0.05, 0) is 47.7 Å². The zero-order valence-corrected chi connectivity index (χ0v) is 18.8. The molecule has 2 aromatic carbocycles. The topological polar surface area (TPSA) is 73.9 Å². The second-order valence-electron chi connectivity index (χ2n) is 7.35. The average molecular weight is 426 g/mol. The van der Waals surface area contributed by atoms with Gasteiger partial charge in [0, 0.05) is 6.08 Å². The van der Waals surface area contributed by atoms with E-state index in [1.54, 1.807) is 19.3 Å². The van der Waals surface area contributed by atoms with Crippen LogP contribution in [0, 0.1) is 12.8 Å². The van der Waals surface area contributed by atoms with Crippen molar-refractivity contribution in [2.75, 3.05) is 14.2 Å².